The maximum absolute atomic E-state index is 13.3. The van der Waals surface area contributed by atoms with Gasteiger partial charge >= 0.3 is 0 Å². The number of nitrogens with zero attached hydrogens (tertiary/aromatic N) is 2. The van der Waals surface area contributed by atoms with E-state index in [9.17, 15) is 4.79 Å². The predicted octanol–water partition coefficient (Wildman–Crippen LogP) is 6.10. The summed E-state index contributed by atoms with van der Waals surface area (Å²) in [6.07, 6.45) is 4.33. The number of carbonyl (C=O) groups is 1. The van der Waals surface area contributed by atoms with Crippen LogP contribution in [0.1, 0.15) is 30.9 Å². The number of likely N-dealkylation sites (tertiary alicyclic amines) is 1. The first kappa shape index (κ1) is 21.8. The molecule has 0 aliphatic carbocycles. The number of rotatable bonds is 3. The van der Waals surface area contributed by atoms with Gasteiger partial charge in [0.1, 0.15) is 0 Å². The molecule has 3 nitrogen and oxygen atoms in total. The summed E-state index contributed by atoms with van der Waals surface area (Å²) in [5.41, 5.74) is 3.41. The minimum atomic E-state index is 0.0213. The van der Waals surface area contributed by atoms with Crippen molar-refractivity contribution in [2.45, 2.75) is 25.2 Å². The average molecular weight is 461 g/mol. The maximum Gasteiger partial charge on any atom is 0.264 e. The van der Waals surface area contributed by atoms with Crippen LogP contribution in [0, 0.1) is 0 Å². The molecule has 0 N–H and O–H groups in total. The van der Waals surface area contributed by atoms with Gasteiger partial charge in [-0.2, -0.15) is 0 Å². The van der Waals surface area contributed by atoms with Crippen LogP contribution in [0.2, 0.25) is 10.0 Å². The van der Waals surface area contributed by atoms with Gasteiger partial charge in [-0.15, -0.1) is 11.8 Å². The highest BCUT2D eigenvalue weighted by atomic mass is 35.5. The van der Waals surface area contributed by atoms with E-state index in [1.165, 1.54) is 5.56 Å². The van der Waals surface area contributed by atoms with Crippen LogP contribution in [0.4, 0.5) is 5.69 Å². The molecule has 0 radical (unpaired) electrons. The van der Waals surface area contributed by atoms with Gasteiger partial charge in [0.25, 0.3) is 5.91 Å². The van der Waals surface area contributed by atoms with E-state index in [4.69, 9.17) is 23.2 Å². The largest absolute Gasteiger partial charge is 0.307 e. The lowest BCUT2D eigenvalue weighted by Crippen LogP contribution is -2.39. The van der Waals surface area contributed by atoms with Gasteiger partial charge in [0.05, 0.1) is 15.0 Å². The Morgan fingerprint density at radius 3 is 2.50 bits per heavy atom. The van der Waals surface area contributed by atoms with Crippen molar-refractivity contribution in [1.29, 1.82) is 0 Å². The average Bonchev–Trinajstić information content (AvgIpc) is 2.74. The number of amides is 1. The molecule has 1 amide bonds. The Morgan fingerprint density at radius 2 is 1.77 bits per heavy atom. The van der Waals surface area contributed by atoms with E-state index >= 15 is 0 Å². The highest BCUT2D eigenvalue weighted by Crippen LogP contribution is 2.39. The van der Waals surface area contributed by atoms with Crippen molar-refractivity contribution in [3.63, 3.8) is 0 Å². The van der Waals surface area contributed by atoms with Crippen LogP contribution in [0.25, 0.3) is 6.08 Å². The lowest BCUT2D eigenvalue weighted by Gasteiger charge is -2.39. The summed E-state index contributed by atoms with van der Waals surface area (Å²) >= 11 is 13.9. The van der Waals surface area contributed by atoms with Crippen LogP contribution >= 0.6 is 35.0 Å². The van der Waals surface area contributed by atoms with Crippen molar-refractivity contribution in [2.75, 3.05) is 37.3 Å². The molecule has 2 aliphatic heterocycles. The summed E-state index contributed by atoms with van der Waals surface area (Å²) < 4.78 is 0. The first-order valence-corrected chi connectivity index (χ1v) is 12.0. The zero-order valence-electron chi connectivity index (χ0n) is 17.3. The molecular formula is C24H26Cl2N2OS. The van der Waals surface area contributed by atoms with Crippen molar-refractivity contribution in [3.8, 4) is 0 Å². The molecule has 0 unspecified atom stereocenters. The summed E-state index contributed by atoms with van der Waals surface area (Å²) in [5, 5.41) is 0.960. The van der Waals surface area contributed by atoms with E-state index in [2.05, 4.69) is 49.2 Å². The fourth-order valence-electron chi connectivity index (χ4n) is 4.24. The lowest BCUT2D eigenvalue weighted by molar-refractivity contribution is -0.114. The molecule has 2 aromatic carbocycles. The molecule has 2 saturated heterocycles. The van der Waals surface area contributed by atoms with Crippen LogP contribution in [0.3, 0.4) is 0 Å². The molecule has 0 saturated carbocycles. The van der Waals surface area contributed by atoms with Crippen molar-refractivity contribution in [1.82, 2.24) is 4.90 Å². The number of benzene rings is 2. The number of hydrogen-bond acceptors (Lipinski definition) is 3. The third-order valence-electron chi connectivity index (χ3n) is 6.23. The second kappa shape index (κ2) is 8.96. The smallest absolute Gasteiger partial charge is 0.264 e. The second-order valence-corrected chi connectivity index (χ2v) is 10.3. The standard InChI is InChI=1S/C24H26Cl2N2OS/c1-24(9-11-27(2)12-10-24)19-6-4-3-5-17(19)15-22-23(29)28(13-14-30-22)18-7-8-20(25)21(26)16-18/h3-8,15-16H,9-14H2,1-2H3/b22-15+. The topological polar surface area (TPSA) is 23.6 Å². The number of piperidine rings is 1. The van der Waals surface area contributed by atoms with Crippen LogP contribution < -0.4 is 4.90 Å². The Balaban J connectivity index is 1.65. The monoisotopic (exact) mass is 460 g/mol. The summed E-state index contributed by atoms with van der Waals surface area (Å²) in [7, 11) is 2.18. The Labute approximate surface area is 193 Å². The fraction of sp³-hybridized carbons (Fsp3) is 0.375. The van der Waals surface area contributed by atoms with Crippen molar-refractivity contribution >= 4 is 52.6 Å². The number of anilines is 1. The maximum atomic E-state index is 13.3. The lowest BCUT2D eigenvalue weighted by atomic mass is 9.73. The van der Waals surface area contributed by atoms with Gasteiger partial charge in [0.2, 0.25) is 0 Å². The van der Waals surface area contributed by atoms with Gasteiger partial charge in [0.15, 0.2) is 0 Å². The summed E-state index contributed by atoms with van der Waals surface area (Å²) in [4.78, 5) is 18.2. The number of hydrogen-bond donors (Lipinski definition) is 0. The van der Waals surface area contributed by atoms with Gasteiger partial charge in [-0.1, -0.05) is 54.4 Å². The zero-order valence-corrected chi connectivity index (χ0v) is 19.7. The Bertz CT molecular complexity index is 983. The normalized spacial score (nSPS) is 21.3. The van der Waals surface area contributed by atoms with Crippen LogP contribution in [-0.4, -0.2) is 43.2 Å². The highest BCUT2D eigenvalue weighted by Gasteiger charge is 2.33. The number of carbonyl (C=O) groups excluding carboxylic acids is 1. The molecule has 0 atom stereocenters. The van der Waals surface area contributed by atoms with Crippen molar-refractivity contribution in [3.05, 3.63) is 68.5 Å². The molecule has 6 heteroatoms. The Hall–Kier alpha value is -1.46. The van der Waals surface area contributed by atoms with Crippen LogP contribution in [-0.2, 0) is 10.2 Å². The van der Waals surface area contributed by atoms with E-state index in [1.807, 2.05) is 6.07 Å². The highest BCUT2D eigenvalue weighted by molar-refractivity contribution is 8.04. The minimum absolute atomic E-state index is 0.0213. The van der Waals surface area contributed by atoms with E-state index in [0.717, 1.165) is 47.8 Å². The molecule has 2 aromatic rings. The zero-order chi connectivity index (χ0) is 21.3. The third kappa shape index (κ3) is 4.43. The van der Waals surface area contributed by atoms with E-state index in [-0.39, 0.29) is 11.3 Å². The van der Waals surface area contributed by atoms with Crippen LogP contribution in [0.15, 0.2) is 47.4 Å². The second-order valence-electron chi connectivity index (χ2n) is 8.36. The van der Waals surface area contributed by atoms with Gasteiger partial charge in [-0.3, -0.25) is 4.79 Å². The Morgan fingerprint density at radius 1 is 1.03 bits per heavy atom. The van der Waals surface area contributed by atoms with E-state index in [1.54, 1.807) is 28.8 Å². The molecule has 0 spiro atoms. The molecule has 0 aromatic heterocycles. The number of halogens is 2. The number of thioether (sulfide) groups is 1. The Kier molecular flexibility index (Phi) is 6.50. The molecule has 30 heavy (non-hydrogen) atoms. The third-order valence-corrected chi connectivity index (χ3v) is 7.96. The quantitative estimate of drug-likeness (QED) is 0.517. The first-order valence-electron chi connectivity index (χ1n) is 10.3. The molecule has 0 bridgehead atoms. The molecular weight excluding hydrogens is 435 g/mol. The molecule has 2 aliphatic rings. The van der Waals surface area contributed by atoms with E-state index < -0.39 is 0 Å². The molecule has 158 valence electrons. The molecule has 2 heterocycles. The molecule has 4 rings (SSSR count). The SMILES string of the molecule is CN1CCC(C)(c2ccccc2/C=C2/SCCN(c3ccc(Cl)c(Cl)c3)C2=O)CC1. The molecule has 2 fully saturated rings. The van der Waals surface area contributed by atoms with Gasteiger partial charge in [-0.05, 0) is 73.8 Å². The van der Waals surface area contributed by atoms with Crippen molar-refractivity contribution < 1.29 is 4.79 Å². The van der Waals surface area contributed by atoms with Gasteiger partial charge in [-0.25, -0.2) is 0 Å². The summed E-state index contributed by atoms with van der Waals surface area (Å²) in [6, 6.07) is 13.9. The summed E-state index contributed by atoms with van der Waals surface area (Å²) in [5.74, 6) is 0.871. The van der Waals surface area contributed by atoms with Crippen molar-refractivity contribution in [2.24, 2.45) is 0 Å². The van der Waals surface area contributed by atoms with Crippen LogP contribution in [0.5, 0.6) is 0 Å². The first-order chi connectivity index (χ1) is 14.4. The minimum Gasteiger partial charge on any atom is -0.307 e. The predicted molar refractivity (Wildman–Crippen MR) is 130 cm³/mol. The summed E-state index contributed by atoms with van der Waals surface area (Å²) in [6.45, 7) is 5.21. The van der Waals surface area contributed by atoms with Gasteiger partial charge in [0, 0.05) is 18.0 Å². The fourth-order valence-corrected chi connectivity index (χ4v) is 5.47. The van der Waals surface area contributed by atoms with Gasteiger partial charge < -0.3 is 9.80 Å². The van der Waals surface area contributed by atoms with E-state index in [0.29, 0.717) is 16.6 Å².